The summed E-state index contributed by atoms with van der Waals surface area (Å²) < 4.78 is 0. The molecule has 4 nitrogen and oxygen atoms in total. The van der Waals surface area contributed by atoms with Crippen molar-refractivity contribution in [1.29, 1.82) is 0 Å². The highest BCUT2D eigenvalue weighted by Crippen LogP contribution is 2.36. The molecule has 108 valence electrons. The van der Waals surface area contributed by atoms with Crippen molar-refractivity contribution in [2.75, 3.05) is 6.54 Å². The fraction of sp³-hybridized carbons (Fsp3) is 0.294. The van der Waals surface area contributed by atoms with Gasteiger partial charge in [-0.25, -0.2) is 5.43 Å². The van der Waals surface area contributed by atoms with Crippen LogP contribution in [0.2, 0.25) is 0 Å². The number of nitroso groups, excluding NO2 is 1. The van der Waals surface area contributed by atoms with Crippen LogP contribution in [0.1, 0.15) is 25.8 Å². The Hall–Kier alpha value is -2.20. The topological polar surface area (TPSA) is 44.7 Å². The van der Waals surface area contributed by atoms with Crippen LogP contribution in [0.15, 0.2) is 59.5 Å². The zero-order chi connectivity index (χ0) is 14.9. The first-order valence-corrected chi connectivity index (χ1v) is 7.27. The Bertz CT molecular complexity index is 710. The molecule has 1 unspecified atom stereocenters. The van der Waals surface area contributed by atoms with Gasteiger partial charge < -0.3 is 5.01 Å². The first-order valence-electron chi connectivity index (χ1n) is 7.27. The standard InChI is InChI=1S/C17H19N3O/c1-3-10-20-12-16(18-21)17(2,19-20)15-9-8-13-6-4-5-7-14(13)11-15/h4-9,11-12,19H,3,10H2,1-2H3. The van der Waals surface area contributed by atoms with Crippen molar-refractivity contribution < 1.29 is 0 Å². The molecule has 0 saturated carbocycles. The predicted octanol–water partition coefficient (Wildman–Crippen LogP) is 3.89. The summed E-state index contributed by atoms with van der Waals surface area (Å²) in [6.45, 7) is 4.96. The van der Waals surface area contributed by atoms with Gasteiger partial charge in [0.05, 0.1) is 0 Å². The fourth-order valence-corrected chi connectivity index (χ4v) is 2.84. The van der Waals surface area contributed by atoms with Gasteiger partial charge >= 0.3 is 0 Å². The van der Waals surface area contributed by atoms with E-state index in [2.05, 4.69) is 47.9 Å². The van der Waals surface area contributed by atoms with E-state index in [0.29, 0.717) is 5.70 Å². The Morgan fingerprint density at radius 1 is 1.19 bits per heavy atom. The average Bonchev–Trinajstić information content (AvgIpc) is 2.84. The van der Waals surface area contributed by atoms with Gasteiger partial charge in [-0.05, 0) is 40.9 Å². The van der Waals surface area contributed by atoms with Crippen molar-refractivity contribution in [3.05, 3.63) is 64.8 Å². The third-order valence-electron chi connectivity index (χ3n) is 4.05. The van der Waals surface area contributed by atoms with Crippen LogP contribution in [0, 0.1) is 4.91 Å². The number of nitrogens with one attached hydrogen (secondary N) is 1. The highest BCUT2D eigenvalue weighted by molar-refractivity contribution is 5.83. The quantitative estimate of drug-likeness (QED) is 0.865. The van der Waals surface area contributed by atoms with Gasteiger partial charge in [0, 0.05) is 12.7 Å². The lowest BCUT2D eigenvalue weighted by Crippen LogP contribution is -2.43. The van der Waals surface area contributed by atoms with Crippen LogP contribution in [0.5, 0.6) is 0 Å². The lowest BCUT2D eigenvalue weighted by Gasteiger charge is -2.29. The first kappa shape index (κ1) is 13.8. The molecule has 2 aromatic rings. The molecule has 0 amide bonds. The molecule has 1 atom stereocenters. The summed E-state index contributed by atoms with van der Waals surface area (Å²) in [6, 6.07) is 14.5. The minimum absolute atomic E-state index is 0.520. The van der Waals surface area contributed by atoms with Crippen molar-refractivity contribution in [1.82, 2.24) is 10.4 Å². The maximum Gasteiger partial charge on any atom is 0.128 e. The third kappa shape index (κ3) is 2.32. The summed E-state index contributed by atoms with van der Waals surface area (Å²) in [5, 5.41) is 7.54. The van der Waals surface area contributed by atoms with Crippen molar-refractivity contribution >= 4 is 10.8 Å². The Labute approximate surface area is 124 Å². The van der Waals surface area contributed by atoms with E-state index in [4.69, 9.17) is 0 Å². The molecule has 1 heterocycles. The molecule has 1 aliphatic rings. The molecule has 0 saturated heterocycles. The van der Waals surface area contributed by atoms with Gasteiger partial charge in [0.25, 0.3) is 0 Å². The molecule has 1 N–H and O–H groups in total. The van der Waals surface area contributed by atoms with Crippen LogP contribution >= 0.6 is 0 Å². The SMILES string of the molecule is CCCN1C=C(N=O)C(C)(c2ccc3ccccc3c2)N1. The summed E-state index contributed by atoms with van der Waals surface area (Å²) in [4.78, 5) is 11.2. The second-order valence-corrected chi connectivity index (χ2v) is 5.60. The highest BCUT2D eigenvalue weighted by atomic mass is 16.3. The number of benzene rings is 2. The minimum atomic E-state index is -0.569. The summed E-state index contributed by atoms with van der Waals surface area (Å²) in [7, 11) is 0. The van der Waals surface area contributed by atoms with Crippen LogP contribution in [-0.4, -0.2) is 11.6 Å². The van der Waals surface area contributed by atoms with Crippen molar-refractivity contribution in [3.63, 3.8) is 0 Å². The van der Waals surface area contributed by atoms with Crippen LogP contribution in [0.3, 0.4) is 0 Å². The van der Waals surface area contributed by atoms with Gasteiger partial charge in [-0.2, -0.15) is 0 Å². The molecular formula is C17H19N3O. The van der Waals surface area contributed by atoms with E-state index in [9.17, 15) is 4.91 Å². The van der Waals surface area contributed by atoms with Gasteiger partial charge in [0.1, 0.15) is 11.2 Å². The predicted molar refractivity (Wildman–Crippen MR) is 85.3 cm³/mol. The van der Waals surface area contributed by atoms with E-state index in [1.165, 1.54) is 5.39 Å². The lowest BCUT2D eigenvalue weighted by molar-refractivity contribution is 0.224. The first-order chi connectivity index (χ1) is 10.2. The Kier molecular flexibility index (Phi) is 3.47. The Balaban J connectivity index is 2.04. The zero-order valence-electron chi connectivity index (χ0n) is 12.3. The lowest BCUT2D eigenvalue weighted by atomic mass is 9.89. The molecule has 0 fully saturated rings. The van der Waals surface area contributed by atoms with E-state index < -0.39 is 5.54 Å². The van der Waals surface area contributed by atoms with Crippen molar-refractivity contribution in [3.8, 4) is 0 Å². The molecule has 0 spiro atoms. The Morgan fingerprint density at radius 3 is 2.67 bits per heavy atom. The molecule has 0 aromatic heterocycles. The molecule has 2 aromatic carbocycles. The van der Waals surface area contributed by atoms with E-state index in [-0.39, 0.29) is 0 Å². The molecule has 1 aliphatic heterocycles. The van der Waals surface area contributed by atoms with Gasteiger partial charge in [0.2, 0.25) is 0 Å². The third-order valence-corrected chi connectivity index (χ3v) is 4.05. The molecule has 0 radical (unpaired) electrons. The number of rotatable bonds is 4. The van der Waals surface area contributed by atoms with Gasteiger partial charge in [-0.3, -0.25) is 0 Å². The molecule has 3 rings (SSSR count). The van der Waals surface area contributed by atoms with E-state index in [1.54, 1.807) is 0 Å². The zero-order valence-corrected chi connectivity index (χ0v) is 12.3. The number of hydrogen-bond acceptors (Lipinski definition) is 4. The van der Waals surface area contributed by atoms with E-state index in [0.717, 1.165) is 23.9 Å². The monoisotopic (exact) mass is 281 g/mol. The van der Waals surface area contributed by atoms with Crippen molar-refractivity contribution in [2.45, 2.75) is 25.8 Å². The fourth-order valence-electron chi connectivity index (χ4n) is 2.84. The van der Waals surface area contributed by atoms with Crippen molar-refractivity contribution in [2.24, 2.45) is 5.18 Å². The van der Waals surface area contributed by atoms with Crippen LogP contribution < -0.4 is 5.43 Å². The largest absolute Gasteiger partial charge is 0.312 e. The van der Waals surface area contributed by atoms with Crippen LogP contribution in [0.25, 0.3) is 10.8 Å². The smallest absolute Gasteiger partial charge is 0.128 e. The van der Waals surface area contributed by atoms with Gasteiger partial charge in [-0.15, -0.1) is 4.91 Å². The highest BCUT2D eigenvalue weighted by Gasteiger charge is 2.38. The van der Waals surface area contributed by atoms with E-state index in [1.807, 2.05) is 30.3 Å². The number of hydrogen-bond donors (Lipinski definition) is 1. The molecule has 21 heavy (non-hydrogen) atoms. The van der Waals surface area contributed by atoms with Gasteiger partial charge in [-0.1, -0.05) is 43.3 Å². The molecule has 0 aliphatic carbocycles. The Morgan fingerprint density at radius 2 is 1.95 bits per heavy atom. The summed E-state index contributed by atoms with van der Waals surface area (Å²) in [5.74, 6) is 0. The second-order valence-electron chi connectivity index (χ2n) is 5.60. The molecular weight excluding hydrogens is 262 g/mol. The van der Waals surface area contributed by atoms with Gasteiger partial charge in [0.15, 0.2) is 0 Å². The average molecular weight is 281 g/mol. The van der Waals surface area contributed by atoms with E-state index >= 15 is 0 Å². The maximum absolute atomic E-state index is 11.2. The normalized spacial score (nSPS) is 21.6. The maximum atomic E-state index is 11.2. The number of hydrazine groups is 1. The summed E-state index contributed by atoms with van der Waals surface area (Å²) in [6.07, 6.45) is 2.81. The van der Waals surface area contributed by atoms with Crippen LogP contribution in [0.4, 0.5) is 0 Å². The van der Waals surface area contributed by atoms with Crippen LogP contribution in [-0.2, 0) is 5.54 Å². The molecule has 4 heteroatoms. The number of nitrogens with zero attached hydrogens (tertiary/aromatic N) is 2. The number of fused-ring (bicyclic) bond motifs is 1. The second kappa shape index (κ2) is 5.30. The summed E-state index contributed by atoms with van der Waals surface area (Å²) >= 11 is 0. The summed E-state index contributed by atoms with van der Waals surface area (Å²) in [5.41, 5.74) is 4.40. The minimum Gasteiger partial charge on any atom is -0.312 e. The molecule has 0 bridgehead atoms.